The number of aromatic amines is 1. The largest absolute Gasteiger partial charge is 0.383 e. The summed E-state index contributed by atoms with van der Waals surface area (Å²) in [5.74, 6) is 0.630. The van der Waals surface area contributed by atoms with Crippen molar-refractivity contribution in [3.63, 3.8) is 0 Å². The topological polar surface area (TPSA) is 57.8 Å². The lowest BCUT2D eigenvalue weighted by Crippen LogP contribution is -2.50. The Hall–Kier alpha value is -1.89. The lowest BCUT2D eigenvalue weighted by molar-refractivity contribution is -0.0450. The van der Waals surface area contributed by atoms with Gasteiger partial charge in [0.15, 0.2) is 0 Å². The first-order valence-electron chi connectivity index (χ1n) is 10.3. The van der Waals surface area contributed by atoms with E-state index in [9.17, 15) is 4.79 Å². The quantitative estimate of drug-likeness (QED) is 0.831. The van der Waals surface area contributed by atoms with Gasteiger partial charge in [-0.15, -0.1) is 0 Å². The molecule has 1 amide bonds. The van der Waals surface area contributed by atoms with Gasteiger partial charge in [0, 0.05) is 50.4 Å². The van der Waals surface area contributed by atoms with Gasteiger partial charge in [-0.05, 0) is 38.3 Å². The van der Waals surface area contributed by atoms with Gasteiger partial charge in [-0.3, -0.25) is 4.79 Å². The average molecular weight is 386 g/mol. The van der Waals surface area contributed by atoms with Crippen LogP contribution in [0.5, 0.6) is 0 Å². The summed E-state index contributed by atoms with van der Waals surface area (Å²) >= 11 is 0. The molecule has 2 aromatic rings. The monoisotopic (exact) mass is 385 g/mol. The number of para-hydroxylation sites is 1. The van der Waals surface area contributed by atoms with E-state index in [1.807, 2.05) is 35.4 Å². The van der Waals surface area contributed by atoms with Crippen LogP contribution in [0.25, 0.3) is 10.9 Å². The molecule has 28 heavy (non-hydrogen) atoms. The van der Waals surface area contributed by atoms with Crippen molar-refractivity contribution >= 4 is 16.8 Å². The summed E-state index contributed by atoms with van der Waals surface area (Å²) < 4.78 is 11.5. The Balaban J connectivity index is 1.41. The van der Waals surface area contributed by atoms with Crippen molar-refractivity contribution in [1.82, 2.24) is 14.8 Å². The molecule has 1 aromatic carbocycles. The molecule has 1 aromatic heterocycles. The van der Waals surface area contributed by atoms with Crippen LogP contribution in [0, 0.1) is 5.92 Å². The van der Waals surface area contributed by atoms with E-state index in [-0.39, 0.29) is 11.5 Å². The summed E-state index contributed by atoms with van der Waals surface area (Å²) in [7, 11) is 3.88. The summed E-state index contributed by atoms with van der Waals surface area (Å²) in [6, 6.07) is 7.99. The van der Waals surface area contributed by atoms with Gasteiger partial charge in [0.05, 0.1) is 24.4 Å². The van der Waals surface area contributed by atoms with Gasteiger partial charge in [-0.2, -0.15) is 0 Å². The van der Waals surface area contributed by atoms with Crippen molar-refractivity contribution in [1.29, 1.82) is 0 Å². The first kappa shape index (κ1) is 19.4. The normalized spacial score (nSPS) is 25.2. The molecule has 2 fully saturated rings. The zero-order chi connectivity index (χ0) is 19.6. The molecule has 0 saturated carbocycles. The number of rotatable bonds is 6. The van der Waals surface area contributed by atoms with Crippen LogP contribution in [0.4, 0.5) is 0 Å². The maximum absolute atomic E-state index is 13.2. The highest BCUT2D eigenvalue weighted by molar-refractivity contribution is 6.06. The number of ether oxygens (including phenoxy) is 2. The Labute approximate surface area is 166 Å². The van der Waals surface area contributed by atoms with Gasteiger partial charge >= 0.3 is 0 Å². The van der Waals surface area contributed by atoms with Crippen molar-refractivity contribution in [2.75, 3.05) is 53.6 Å². The third kappa shape index (κ3) is 3.95. The highest BCUT2D eigenvalue weighted by atomic mass is 16.5. The molecule has 0 bridgehead atoms. The zero-order valence-corrected chi connectivity index (χ0v) is 16.9. The van der Waals surface area contributed by atoms with Gasteiger partial charge in [0.2, 0.25) is 0 Å². The Bertz CT molecular complexity index is 820. The summed E-state index contributed by atoms with van der Waals surface area (Å²) in [6.45, 7) is 4.99. The summed E-state index contributed by atoms with van der Waals surface area (Å²) in [5.41, 5.74) is 1.60. The molecular weight excluding hydrogens is 354 g/mol. The average Bonchev–Trinajstić information content (AvgIpc) is 3.30. The SMILES string of the molecule is COCCN(C)CC1COC2(CCCN(C(=O)c3c[nH]c4ccccc34)C2)C1. The maximum atomic E-state index is 13.2. The molecule has 6 heteroatoms. The van der Waals surface area contributed by atoms with E-state index < -0.39 is 0 Å². The Kier molecular flexibility index (Phi) is 5.71. The van der Waals surface area contributed by atoms with Crippen LogP contribution < -0.4 is 0 Å². The van der Waals surface area contributed by atoms with Crippen LogP contribution in [0.2, 0.25) is 0 Å². The number of H-pyrrole nitrogens is 1. The number of hydrogen-bond donors (Lipinski definition) is 1. The molecule has 4 rings (SSSR count). The second-order valence-electron chi connectivity index (χ2n) is 8.40. The summed E-state index contributed by atoms with van der Waals surface area (Å²) in [4.78, 5) is 20.8. The number of nitrogens with zero attached hydrogens (tertiary/aromatic N) is 2. The third-order valence-electron chi connectivity index (χ3n) is 6.18. The molecule has 2 saturated heterocycles. The number of methoxy groups -OCH3 is 1. The molecule has 6 nitrogen and oxygen atoms in total. The van der Waals surface area contributed by atoms with Crippen LogP contribution in [0.1, 0.15) is 29.6 Å². The second-order valence-corrected chi connectivity index (χ2v) is 8.40. The number of piperidine rings is 1. The molecule has 2 unspecified atom stereocenters. The Morgan fingerprint density at radius 1 is 1.43 bits per heavy atom. The molecule has 2 aliphatic rings. The minimum Gasteiger partial charge on any atom is -0.383 e. The van der Waals surface area contributed by atoms with Gasteiger partial charge in [-0.25, -0.2) is 0 Å². The van der Waals surface area contributed by atoms with Crippen LogP contribution in [-0.4, -0.2) is 79.8 Å². The predicted octanol–water partition coefficient (Wildman–Crippen LogP) is 2.76. The zero-order valence-electron chi connectivity index (χ0n) is 16.9. The molecule has 2 atom stereocenters. The smallest absolute Gasteiger partial charge is 0.256 e. The number of aromatic nitrogens is 1. The number of carbonyl (C=O) groups is 1. The lowest BCUT2D eigenvalue weighted by Gasteiger charge is -2.40. The number of carbonyl (C=O) groups excluding carboxylic acids is 1. The van der Waals surface area contributed by atoms with Gasteiger partial charge in [0.1, 0.15) is 0 Å². The summed E-state index contributed by atoms with van der Waals surface area (Å²) in [6.07, 6.45) is 4.92. The molecule has 0 aliphatic carbocycles. The number of hydrogen-bond acceptors (Lipinski definition) is 4. The number of amides is 1. The van der Waals surface area contributed by atoms with Crippen molar-refractivity contribution in [2.45, 2.75) is 24.9 Å². The fourth-order valence-electron chi connectivity index (χ4n) is 4.81. The van der Waals surface area contributed by atoms with Crippen LogP contribution in [0.3, 0.4) is 0 Å². The first-order chi connectivity index (χ1) is 13.6. The highest BCUT2D eigenvalue weighted by Gasteiger charge is 2.44. The molecule has 1 N–H and O–H groups in total. The molecule has 152 valence electrons. The van der Waals surface area contributed by atoms with E-state index in [2.05, 4.69) is 16.9 Å². The van der Waals surface area contributed by atoms with E-state index >= 15 is 0 Å². The predicted molar refractivity (Wildman–Crippen MR) is 110 cm³/mol. The molecule has 2 aliphatic heterocycles. The fourth-order valence-corrected chi connectivity index (χ4v) is 4.81. The van der Waals surface area contributed by atoms with E-state index in [1.54, 1.807) is 7.11 Å². The maximum Gasteiger partial charge on any atom is 0.256 e. The van der Waals surface area contributed by atoms with Crippen molar-refractivity contribution < 1.29 is 14.3 Å². The van der Waals surface area contributed by atoms with Crippen molar-refractivity contribution in [3.8, 4) is 0 Å². The minimum atomic E-state index is -0.174. The number of likely N-dealkylation sites (N-methyl/N-ethyl adjacent to an activating group) is 1. The standard InChI is InChI=1S/C22H31N3O3/c1-24(10-11-27-2)14-17-12-22(28-15-17)8-5-9-25(16-22)21(26)19-13-23-20-7-4-3-6-18(19)20/h3-4,6-7,13,17,23H,5,8-12,14-16H2,1-2H3. The number of likely N-dealkylation sites (tertiary alicyclic amines) is 1. The Morgan fingerprint density at radius 3 is 3.14 bits per heavy atom. The molecule has 3 heterocycles. The van der Waals surface area contributed by atoms with Gasteiger partial charge in [-0.1, -0.05) is 18.2 Å². The highest BCUT2D eigenvalue weighted by Crippen LogP contribution is 2.38. The number of benzene rings is 1. The first-order valence-corrected chi connectivity index (χ1v) is 10.3. The van der Waals surface area contributed by atoms with Crippen molar-refractivity contribution in [2.24, 2.45) is 5.92 Å². The molecule has 1 spiro atoms. The molecular formula is C22H31N3O3. The number of nitrogens with one attached hydrogen (secondary N) is 1. The van der Waals surface area contributed by atoms with E-state index in [0.29, 0.717) is 12.5 Å². The number of fused-ring (bicyclic) bond motifs is 1. The minimum absolute atomic E-state index is 0.112. The van der Waals surface area contributed by atoms with E-state index in [4.69, 9.17) is 9.47 Å². The lowest BCUT2D eigenvalue weighted by atomic mass is 9.86. The van der Waals surface area contributed by atoms with Crippen LogP contribution in [-0.2, 0) is 9.47 Å². The van der Waals surface area contributed by atoms with Crippen molar-refractivity contribution in [3.05, 3.63) is 36.0 Å². The van der Waals surface area contributed by atoms with E-state index in [1.165, 1.54) is 0 Å². The fraction of sp³-hybridized carbons (Fsp3) is 0.591. The van der Waals surface area contributed by atoms with Gasteiger partial charge < -0.3 is 24.3 Å². The van der Waals surface area contributed by atoms with Crippen LogP contribution in [0.15, 0.2) is 30.5 Å². The van der Waals surface area contributed by atoms with Gasteiger partial charge in [0.25, 0.3) is 5.91 Å². The molecule has 0 radical (unpaired) electrons. The van der Waals surface area contributed by atoms with Crippen LogP contribution >= 0.6 is 0 Å². The third-order valence-corrected chi connectivity index (χ3v) is 6.18. The summed E-state index contributed by atoms with van der Waals surface area (Å²) in [5, 5.41) is 0.997. The van der Waals surface area contributed by atoms with E-state index in [0.717, 1.165) is 68.6 Å². The Morgan fingerprint density at radius 2 is 2.29 bits per heavy atom. The second kappa shape index (κ2) is 8.23.